The van der Waals surface area contributed by atoms with Gasteiger partial charge in [-0.05, 0) is 52.6 Å². The van der Waals surface area contributed by atoms with E-state index in [1.54, 1.807) is 0 Å². The highest BCUT2D eigenvalue weighted by atomic mass is 79.9. The Bertz CT molecular complexity index is 379. The fourth-order valence-corrected chi connectivity index (χ4v) is 4.86. The smallest absolute Gasteiger partial charge is 0.0327 e. The summed E-state index contributed by atoms with van der Waals surface area (Å²) in [5.74, 6) is 0.957. The molecule has 1 saturated heterocycles. The van der Waals surface area contributed by atoms with Crippen LogP contribution in [0.4, 0.5) is 0 Å². The van der Waals surface area contributed by atoms with Crippen LogP contribution in [0.1, 0.15) is 37.0 Å². The van der Waals surface area contributed by atoms with Gasteiger partial charge in [-0.1, -0.05) is 12.8 Å². The van der Waals surface area contributed by atoms with Crippen LogP contribution in [-0.2, 0) is 6.54 Å². The summed E-state index contributed by atoms with van der Waals surface area (Å²) in [5.41, 5.74) is 0. The molecule has 2 N–H and O–H groups in total. The van der Waals surface area contributed by atoms with E-state index < -0.39 is 0 Å². The minimum atomic E-state index is 0.692. The predicted molar refractivity (Wildman–Crippen MR) is 81.0 cm³/mol. The molecule has 1 aromatic rings. The fraction of sp³-hybridized carbons (Fsp3) is 0.714. The molecule has 3 unspecified atom stereocenters. The first kappa shape index (κ1) is 13.1. The highest BCUT2D eigenvalue weighted by Gasteiger charge is 2.34. The van der Waals surface area contributed by atoms with Gasteiger partial charge in [0, 0.05) is 34.5 Å². The third-order valence-electron chi connectivity index (χ3n) is 4.31. The molecule has 18 heavy (non-hydrogen) atoms. The SMILES string of the molecule is Brc1ccsc1CNCC1CC2CCCCC2N1. The molecular weight excluding hydrogens is 308 g/mol. The van der Waals surface area contributed by atoms with Gasteiger partial charge in [0.1, 0.15) is 0 Å². The summed E-state index contributed by atoms with van der Waals surface area (Å²) < 4.78 is 1.24. The summed E-state index contributed by atoms with van der Waals surface area (Å²) in [6.45, 7) is 2.10. The molecule has 1 saturated carbocycles. The number of thiophene rings is 1. The Morgan fingerprint density at radius 2 is 2.28 bits per heavy atom. The lowest BCUT2D eigenvalue weighted by molar-refractivity contribution is 0.325. The summed E-state index contributed by atoms with van der Waals surface area (Å²) in [7, 11) is 0. The van der Waals surface area contributed by atoms with Crippen molar-refractivity contribution < 1.29 is 0 Å². The second-order valence-corrected chi connectivity index (χ2v) is 7.43. The number of hydrogen-bond acceptors (Lipinski definition) is 3. The van der Waals surface area contributed by atoms with Gasteiger partial charge in [-0.2, -0.15) is 0 Å². The zero-order valence-electron chi connectivity index (χ0n) is 10.6. The van der Waals surface area contributed by atoms with Crippen LogP contribution in [0.25, 0.3) is 0 Å². The van der Waals surface area contributed by atoms with Crippen LogP contribution in [-0.4, -0.2) is 18.6 Å². The first-order chi connectivity index (χ1) is 8.83. The fourth-order valence-electron chi connectivity index (χ4n) is 3.40. The molecule has 2 aliphatic rings. The lowest BCUT2D eigenvalue weighted by atomic mass is 9.85. The molecule has 2 nitrogen and oxygen atoms in total. The summed E-state index contributed by atoms with van der Waals surface area (Å²) in [6.07, 6.45) is 7.10. The lowest BCUT2D eigenvalue weighted by Gasteiger charge is -2.24. The maximum Gasteiger partial charge on any atom is 0.0327 e. The van der Waals surface area contributed by atoms with Crippen molar-refractivity contribution >= 4 is 27.3 Å². The minimum absolute atomic E-state index is 0.692. The van der Waals surface area contributed by atoms with E-state index in [1.807, 2.05) is 11.3 Å². The molecule has 1 aliphatic heterocycles. The Kier molecular flexibility index (Phi) is 4.39. The van der Waals surface area contributed by atoms with Gasteiger partial charge in [0.2, 0.25) is 0 Å². The van der Waals surface area contributed by atoms with E-state index in [-0.39, 0.29) is 0 Å². The Hall–Kier alpha value is 0.1000. The van der Waals surface area contributed by atoms with Gasteiger partial charge in [-0.25, -0.2) is 0 Å². The zero-order valence-corrected chi connectivity index (χ0v) is 13.0. The van der Waals surface area contributed by atoms with Gasteiger partial charge < -0.3 is 10.6 Å². The van der Waals surface area contributed by atoms with E-state index in [4.69, 9.17) is 0 Å². The molecule has 0 aromatic carbocycles. The summed E-state index contributed by atoms with van der Waals surface area (Å²) >= 11 is 5.41. The average molecular weight is 329 g/mol. The summed E-state index contributed by atoms with van der Waals surface area (Å²) in [5, 5.41) is 9.56. The third-order valence-corrected chi connectivity index (χ3v) is 6.24. The van der Waals surface area contributed by atoms with Gasteiger partial charge in [0.05, 0.1) is 0 Å². The number of halogens is 1. The molecule has 2 fully saturated rings. The molecule has 0 radical (unpaired) electrons. The van der Waals surface area contributed by atoms with Crippen molar-refractivity contribution in [3.63, 3.8) is 0 Å². The Labute approximate surface area is 122 Å². The summed E-state index contributed by atoms with van der Waals surface area (Å²) in [4.78, 5) is 1.41. The van der Waals surface area contributed by atoms with Crippen molar-refractivity contribution in [2.45, 2.75) is 50.7 Å². The molecule has 1 aliphatic carbocycles. The molecule has 0 bridgehead atoms. The summed E-state index contributed by atoms with van der Waals surface area (Å²) in [6, 6.07) is 3.64. The van der Waals surface area contributed by atoms with Gasteiger partial charge in [-0.3, -0.25) is 0 Å². The maximum absolute atomic E-state index is 3.82. The van der Waals surface area contributed by atoms with Crippen molar-refractivity contribution in [2.75, 3.05) is 6.54 Å². The van der Waals surface area contributed by atoms with Crippen molar-refractivity contribution in [3.05, 3.63) is 20.8 Å². The Morgan fingerprint density at radius 3 is 3.06 bits per heavy atom. The highest BCUT2D eigenvalue weighted by molar-refractivity contribution is 9.10. The van der Waals surface area contributed by atoms with E-state index in [9.17, 15) is 0 Å². The average Bonchev–Trinajstić information content (AvgIpc) is 2.96. The first-order valence-corrected chi connectivity index (χ1v) is 8.69. The molecule has 2 heterocycles. The molecule has 0 spiro atoms. The number of nitrogens with one attached hydrogen (secondary N) is 2. The molecule has 4 heteroatoms. The van der Waals surface area contributed by atoms with E-state index in [0.29, 0.717) is 6.04 Å². The number of rotatable bonds is 4. The van der Waals surface area contributed by atoms with Crippen LogP contribution >= 0.6 is 27.3 Å². The molecule has 3 rings (SSSR count). The van der Waals surface area contributed by atoms with Crippen LogP contribution in [0.3, 0.4) is 0 Å². The molecular formula is C14H21BrN2S. The highest BCUT2D eigenvalue weighted by Crippen LogP contribution is 2.33. The van der Waals surface area contributed by atoms with Crippen molar-refractivity contribution in [2.24, 2.45) is 5.92 Å². The number of hydrogen-bond donors (Lipinski definition) is 2. The van der Waals surface area contributed by atoms with Crippen molar-refractivity contribution in [1.82, 2.24) is 10.6 Å². The Morgan fingerprint density at radius 1 is 1.39 bits per heavy atom. The van der Waals surface area contributed by atoms with E-state index in [1.165, 1.54) is 41.5 Å². The van der Waals surface area contributed by atoms with E-state index in [2.05, 4.69) is 38.0 Å². The van der Waals surface area contributed by atoms with Gasteiger partial charge in [0.15, 0.2) is 0 Å². The first-order valence-electron chi connectivity index (χ1n) is 7.01. The Balaban J connectivity index is 1.43. The second-order valence-electron chi connectivity index (χ2n) is 5.57. The number of fused-ring (bicyclic) bond motifs is 1. The molecule has 3 atom stereocenters. The van der Waals surface area contributed by atoms with Crippen molar-refractivity contribution in [1.29, 1.82) is 0 Å². The monoisotopic (exact) mass is 328 g/mol. The van der Waals surface area contributed by atoms with Crippen LogP contribution in [0, 0.1) is 5.92 Å². The maximum atomic E-state index is 3.82. The molecule has 0 amide bonds. The third kappa shape index (κ3) is 2.98. The second kappa shape index (κ2) is 6.04. The standard InChI is InChI=1S/C14H21BrN2S/c15-12-5-6-18-14(12)9-16-8-11-7-10-3-1-2-4-13(10)17-11/h5-6,10-11,13,16-17H,1-4,7-9H2. The van der Waals surface area contributed by atoms with Gasteiger partial charge in [0.25, 0.3) is 0 Å². The van der Waals surface area contributed by atoms with Gasteiger partial charge in [-0.15, -0.1) is 11.3 Å². The van der Waals surface area contributed by atoms with Crippen molar-refractivity contribution in [3.8, 4) is 0 Å². The van der Waals surface area contributed by atoms with Crippen LogP contribution in [0.5, 0.6) is 0 Å². The molecule has 100 valence electrons. The quantitative estimate of drug-likeness (QED) is 0.883. The van der Waals surface area contributed by atoms with E-state index in [0.717, 1.165) is 25.0 Å². The van der Waals surface area contributed by atoms with E-state index >= 15 is 0 Å². The largest absolute Gasteiger partial charge is 0.310 e. The minimum Gasteiger partial charge on any atom is -0.310 e. The van der Waals surface area contributed by atoms with Gasteiger partial charge >= 0.3 is 0 Å². The van der Waals surface area contributed by atoms with Crippen LogP contribution in [0.15, 0.2) is 15.9 Å². The predicted octanol–water partition coefficient (Wildman–Crippen LogP) is 3.52. The zero-order chi connectivity index (χ0) is 12.4. The normalized spacial score (nSPS) is 31.5. The molecule has 1 aromatic heterocycles. The topological polar surface area (TPSA) is 24.1 Å². The van der Waals surface area contributed by atoms with Crippen LogP contribution in [0.2, 0.25) is 0 Å². The lowest BCUT2D eigenvalue weighted by Crippen LogP contribution is -2.38. The van der Waals surface area contributed by atoms with Crippen LogP contribution < -0.4 is 10.6 Å².